The average molecular weight is 763 g/mol. The molecule has 4 amide bonds. The molecule has 2 aliphatic heterocycles. The highest BCUT2D eigenvalue weighted by Crippen LogP contribution is 2.35. The number of likely N-dealkylation sites (tertiary alicyclic amines) is 2. The van der Waals surface area contributed by atoms with Gasteiger partial charge in [-0.25, -0.2) is 19.6 Å². The Balaban J connectivity index is 1.06. The Labute approximate surface area is 326 Å². The van der Waals surface area contributed by atoms with Crippen LogP contribution >= 0.6 is 0 Å². The van der Waals surface area contributed by atoms with Crippen molar-refractivity contribution in [3.05, 3.63) is 84.7 Å². The number of nitrogens with zero attached hydrogens (tertiary/aromatic N) is 6. The second-order valence-electron chi connectivity index (χ2n) is 15.4. The van der Waals surface area contributed by atoms with Crippen LogP contribution in [0.3, 0.4) is 0 Å². The van der Waals surface area contributed by atoms with Crippen LogP contribution in [0.5, 0.6) is 0 Å². The van der Waals surface area contributed by atoms with Gasteiger partial charge in [-0.05, 0) is 84.0 Å². The molecular formula is C42H50N8O6. The highest BCUT2D eigenvalue weighted by molar-refractivity contribution is 5.87. The number of fused-ring (bicyclic) bond motifs is 2. The number of rotatable bonds is 10. The normalized spacial score (nSPS) is 18.1. The van der Waals surface area contributed by atoms with E-state index in [2.05, 4.69) is 59.4 Å². The van der Waals surface area contributed by atoms with Gasteiger partial charge in [-0.15, -0.1) is 0 Å². The number of carbonyl (C=O) groups is 4. The van der Waals surface area contributed by atoms with Gasteiger partial charge in [0.2, 0.25) is 11.8 Å². The third-order valence-electron chi connectivity index (χ3n) is 11.0. The summed E-state index contributed by atoms with van der Waals surface area (Å²) < 4.78 is 13.6. The van der Waals surface area contributed by atoms with Gasteiger partial charge in [0.25, 0.3) is 0 Å². The average Bonchev–Trinajstić information content (AvgIpc) is 4.03. The highest BCUT2D eigenvalue weighted by Gasteiger charge is 2.38. The van der Waals surface area contributed by atoms with Gasteiger partial charge < -0.3 is 38.7 Å². The molecule has 7 rings (SSSR count). The van der Waals surface area contributed by atoms with Gasteiger partial charge in [0, 0.05) is 37.9 Å². The van der Waals surface area contributed by atoms with E-state index < -0.39 is 24.3 Å². The van der Waals surface area contributed by atoms with Crippen LogP contribution < -0.4 is 10.6 Å². The summed E-state index contributed by atoms with van der Waals surface area (Å²) in [5.41, 5.74) is 7.40. The molecule has 2 saturated heterocycles. The Kier molecular flexibility index (Phi) is 11.0. The van der Waals surface area contributed by atoms with Gasteiger partial charge in [-0.3, -0.25) is 9.59 Å². The van der Waals surface area contributed by atoms with Crippen LogP contribution in [-0.2, 0) is 19.1 Å². The molecule has 2 fully saturated rings. The van der Waals surface area contributed by atoms with Crippen molar-refractivity contribution in [2.24, 2.45) is 11.8 Å². The first-order valence-electron chi connectivity index (χ1n) is 19.3. The van der Waals surface area contributed by atoms with Crippen molar-refractivity contribution in [2.45, 2.75) is 77.5 Å². The number of alkyl carbamates (subject to hydrolysis) is 2. The quantitative estimate of drug-likeness (QED) is 0.166. The summed E-state index contributed by atoms with van der Waals surface area (Å²) >= 11 is 0. The predicted molar refractivity (Wildman–Crippen MR) is 211 cm³/mol. The number of hydrogen-bond acceptors (Lipinski definition) is 8. The number of aromatic nitrogens is 4. The van der Waals surface area contributed by atoms with E-state index in [9.17, 15) is 19.2 Å². The number of methoxy groups -OCH3 is 2. The summed E-state index contributed by atoms with van der Waals surface area (Å²) in [6, 6.07) is 14.8. The van der Waals surface area contributed by atoms with E-state index in [4.69, 9.17) is 19.4 Å². The molecule has 0 aliphatic carbocycles. The SMILES string of the molecule is COC(=O)N[C@H](C(=O)N1CCC[C@@H]1c1cn2cc(-c3ccc(-c4ccc5nc([C@H]6CCCN6C(=O)[C@@H](NC(=O)OC)C(C)C)cn5c4)cc3)ccc2n1)C(C)C. The van der Waals surface area contributed by atoms with Gasteiger partial charge in [0.1, 0.15) is 23.4 Å². The van der Waals surface area contributed by atoms with Crippen molar-refractivity contribution in [3.63, 3.8) is 0 Å². The van der Waals surface area contributed by atoms with Crippen LogP contribution in [0, 0.1) is 11.8 Å². The molecule has 56 heavy (non-hydrogen) atoms. The summed E-state index contributed by atoms with van der Waals surface area (Å²) in [7, 11) is 2.59. The summed E-state index contributed by atoms with van der Waals surface area (Å²) in [5, 5.41) is 5.42. The van der Waals surface area contributed by atoms with Crippen LogP contribution in [0.4, 0.5) is 9.59 Å². The fourth-order valence-corrected chi connectivity index (χ4v) is 7.97. The van der Waals surface area contributed by atoms with Gasteiger partial charge in [-0.2, -0.15) is 0 Å². The van der Waals surface area contributed by atoms with Gasteiger partial charge in [-0.1, -0.05) is 52.0 Å². The fourth-order valence-electron chi connectivity index (χ4n) is 7.97. The van der Waals surface area contributed by atoms with Gasteiger partial charge in [0.05, 0.1) is 37.7 Å². The Morgan fingerprint density at radius 3 is 1.32 bits per heavy atom. The van der Waals surface area contributed by atoms with Crippen molar-refractivity contribution in [1.82, 2.24) is 39.2 Å². The number of ether oxygens (including phenoxy) is 2. The lowest BCUT2D eigenvalue weighted by molar-refractivity contribution is -0.136. The van der Waals surface area contributed by atoms with E-state index in [1.54, 1.807) is 0 Å². The molecular weight excluding hydrogens is 713 g/mol. The molecule has 294 valence electrons. The molecule has 14 heteroatoms. The molecule has 2 N–H and O–H groups in total. The molecule has 0 saturated carbocycles. The minimum Gasteiger partial charge on any atom is -0.453 e. The lowest BCUT2D eigenvalue weighted by Crippen LogP contribution is -2.51. The van der Waals surface area contributed by atoms with Gasteiger partial charge in [0.15, 0.2) is 0 Å². The molecule has 1 aromatic carbocycles. The Bertz CT molecular complexity index is 2090. The van der Waals surface area contributed by atoms with Crippen LogP contribution in [0.15, 0.2) is 73.3 Å². The molecule has 0 bridgehead atoms. The zero-order chi connectivity index (χ0) is 39.7. The number of amides is 4. The highest BCUT2D eigenvalue weighted by atomic mass is 16.5. The predicted octanol–water partition coefficient (Wildman–Crippen LogP) is 6.40. The van der Waals surface area contributed by atoms with E-state index >= 15 is 0 Å². The third-order valence-corrected chi connectivity index (χ3v) is 11.0. The molecule has 6 heterocycles. The molecule has 0 unspecified atom stereocenters. The van der Waals surface area contributed by atoms with E-state index in [1.807, 2.05) is 70.8 Å². The van der Waals surface area contributed by atoms with Gasteiger partial charge >= 0.3 is 12.2 Å². The first-order chi connectivity index (χ1) is 26.9. The molecule has 4 atom stereocenters. The number of carbonyl (C=O) groups excluding carboxylic acids is 4. The largest absolute Gasteiger partial charge is 0.453 e. The van der Waals surface area contributed by atoms with Crippen molar-refractivity contribution >= 4 is 35.3 Å². The molecule has 4 aromatic heterocycles. The topological polar surface area (TPSA) is 152 Å². The minimum absolute atomic E-state index is 0.103. The zero-order valence-electron chi connectivity index (χ0n) is 32.8. The van der Waals surface area contributed by atoms with E-state index in [0.717, 1.165) is 70.6 Å². The maximum Gasteiger partial charge on any atom is 0.407 e. The number of benzene rings is 1. The van der Waals surface area contributed by atoms with Crippen molar-refractivity contribution < 1.29 is 28.7 Å². The van der Waals surface area contributed by atoms with Crippen LogP contribution in [0.1, 0.15) is 76.8 Å². The standard InChI is InChI=1S/C42H50N8O6/c1-25(2)37(45-41(53)55-5)39(51)49-19-7-9-33(49)31-23-47-21-29(15-17-35(47)43-31)27-11-13-28(14-12-27)30-16-18-36-44-32(24-48(36)22-30)34-10-8-20-50(34)40(52)38(26(3)4)46-42(54)56-6/h11-18,21-26,33-34,37-38H,7-10,19-20H2,1-6H3,(H,45,53)(H,46,54)/t33-,34-,37+,38+/m1/s1. The monoisotopic (exact) mass is 762 g/mol. The van der Waals surface area contributed by atoms with Crippen molar-refractivity contribution in [3.8, 4) is 22.3 Å². The number of imidazole rings is 2. The van der Waals surface area contributed by atoms with Crippen LogP contribution in [0.25, 0.3) is 33.5 Å². The summed E-state index contributed by atoms with van der Waals surface area (Å²) in [4.78, 5) is 64.7. The second kappa shape index (κ2) is 16.0. The maximum absolute atomic E-state index is 13.6. The second-order valence-corrected chi connectivity index (χ2v) is 15.4. The Hall–Kier alpha value is -5.92. The van der Waals surface area contributed by atoms with Crippen molar-refractivity contribution in [1.29, 1.82) is 0 Å². The van der Waals surface area contributed by atoms with Crippen LogP contribution in [-0.4, -0.2) is 92.0 Å². The summed E-state index contributed by atoms with van der Waals surface area (Å²) in [6.07, 6.45) is 10.2. The Morgan fingerprint density at radius 1 is 0.589 bits per heavy atom. The molecule has 5 aromatic rings. The smallest absolute Gasteiger partial charge is 0.407 e. The zero-order valence-corrected chi connectivity index (χ0v) is 32.8. The summed E-state index contributed by atoms with van der Waals surface area (Å²) in [5.74, 6) is -0.461. The third kappa shape index (κ3) is 7.64. The number of nitrogens with one attached hydrogen (secondary N) is 2. The maximum atomic E-state index is 13.6. The Morgan fingerprint density at radius 2 is 0.964 bits per heavy atom. The number of pyridine rings is 2. The molecule has 0 radical (unpaired) electrons. The lowest BCUT2D eigenvalue weighted by atomic mass is 10.0. The first-order valence-corrected chi connectivity index (χ1v) is 19.3. The molecule has 14 nitrogen and oxygen atoms in total. The minimum atomic E-state index is -0.684. The first kappa shape index (κ1) is 38.4. The lowest BCUT2D eigenvalue weighted by Gasteiger charge is -2.30. The van der Waals surface area contributed by atoms with Crippen LogP contribution in [0.2, 0.25) is 0 Å². The molecule has 0 spiro atoms. The molecule has 2 aliphatic rings. The van der Waals surface area contributed by atoms with E-state index in [-0.39, 0.29) is 35.7 Å². The van der Waals surface area contributed by atoms with E-state index in [0.29, 0.717) is 13.1 Å². The number of hydrogen-bond donors (Lipinski definition) is 2. The van der Waals surface area contributed by atoms with Crippen molar-refractivity contribution in [2.75, 3.05) is 27.3 Å². The summed E-state index contributed by atoms with van der Waals surface area (Å²) in [6.45, 7) is 8.84. The van der Waals surface area contributed by atoms with E-state index in [1.165, 1.54) is 14.2 Å². The fraction of sp³-hybridized carbons (Fsp3) is 0.429.